The molecule has 0 saturated heterocycles. The Morgan fingerprint density at radius 3 is 2.00 bits per heavy atom. The van der Waals surface area contributed by atoms with Crippen molar-refractivity contribution in [1.82, 2.24) is 10.6 Å². The second-order valence-electron chi connectivity index (χ2n) is 9.18. The average Bonchev–Trinajstić information content (AvgIpc) is 2.31. The van der Waals surface area contributed by atoms with Gasteiger partial charge in [-0.05, 0) is 50.9 Å². The first-order valence-corrected chi connectivity index (χ1v) is 7.52. The molecule has 1 saturated carbocycles. The van der Waals surface area contributed by atoms with Gasteiger partial charge in [0, 0.05) is 5.54 Å². The van der Waals surface area contributed by atoms with Gasteiger partial charge in [0.05, 0.1) is 0 Å². The van der Waals surface area contributed by atoms with Gasteiger partial charge in [-0.2, -0.15) is 0 Å². The average molecular weight is 279 g/mol. The standard InChI is InChI=1S/C16H29N3O/c1-13(2,3)18-12-17-11(20)16(19-12)9-14(4,5)8-15(6,7)10-16/h8-10H2,1-7H3,(H2,17,18,19,20). The summed E-state index contributed by atoms with van der Waals surface area (Å²) in [5, 5.41) is 6.24. The number of rotatable bonds is 0. The van der Waals surface area contributed by atoms with E-state index in [9.17, 15) is 4.79 Å². The molecular weight excluding hydrogens is 250 g/mol. The molecule has 1 heterocycles. The van der Waals surface area contributed by atoms with E-state index in [1.807, 2.05) is 0 Å². The number of aliphatic imine (C=N–C) groups is 1. The van der Waals surface area contributed by atoms with Crippen molar-refractivity contribution in [1.29, 1.82) is 0 Å². The van der Waals surface area contributed by atoms with E-state index >= 15 is 0 Å². The van der Waals surface area contributed by atoms with Crippen molar-refractivity contribution in [3.63, 3.8) is 0 Å². The Hall–Kier alpha value is -1.06. The highest BCUT2D eigenvalue weighted by Gasteiger charge is 2.54. The smallest absolute Gasteiger partial charge is 0.254 e. The van der Waals surface area contributed by atoms with Crippen LogP contribution in [0.25, 0.3) is 0 Å². The molecule has 0 bridgehead atoms. The fourth-order valence-corrected chi connectivity index (χ4v) is 4.24. The highest BCUT2D eigenvalue weighted by atomic mass is 16.2. The predicted molar refractivity (Wildman–Crippen MR) is 82.6 cm³/mol. The zero-order valence-electron chi connectivity index (χ0n) is 14.0. The zero-order valence-corrected chi connectivity index (χ0v) is 14.0. The molecule has 1 aliphatic heterocycles. The van der Waals surface area contributed by atoms with Crippen LogP contribution in [0.3, 0.4) is 0 Å². The van der Waals surface area contributed by atoms with Gasteiger partial charge >= 0.3 is 0 Å². The van der Waals surface area contributed by atoms with E-state index in [1.165, 1.54) is 0 Å². The number of carbonyl (C=O) groups excluding carboxylic acids is 1. The van der Waals surface area contributed by atoms with E-state index in [1.54, 1.807) is 0 Å². The molecule has 114 valence electrons. The van der Waals surface area contributed by atoms with Crippen molar-refractivity contribution in [3.8, 4) is 0 Å². The van der Waals surface area contributed by atoms with Gasteiger partial charge in [0.1, 0.15) is 5.54 Å². The largest absolute Gasteiger partial charge is 0.351 e. The molecule has 4 heteroatoms. The predicted octanol–water partition coefficient (Wildman–Crippen LogP) is 2.84. The molecule has 0 aromatic rings. The summed E-state index contributed by atoms with van der Waals surface area (Å²) in [7, 11) is 0. The molecule has 1 fully saturated rings. The molecular formula is C16H29N3O. The molecule has 2 aliphatic rings. The second-order valence-corrected chi connectivity index (χ2v) is 9.18. The molecule has 1 amide bonds. The van der Waals surface area contributed by atoms with Gasteiger partial charge in [0.2, 0.25) is 0 Å². The number of guanidine groups is 1. The summed E-state index contributed by atoms with van der Waals surface area (Å²) in [4.78, 5) is 17.3. The summed E-state index contributed by atoms with van der Waals surface area (Å²) in [6, 6.07) is 0. The van der Waals surface area contributed by atoms with Gasteiger partial charge in [-0.15, -0.1) is 0 Å². The second kappa shape index (κ2) is 4.22. The number of amides is 1. The summed E-state index contributed by atoms with van der Waals surface area (Å²) >= 11 is 0. The van der Waals surface area contributed by atoms with E-state index < -0.39 is 5.54 Å². The summed E-state index contributed by atoms with van der Waals surface area (Å²) in [6.45, 7) is 15.2. The van der Waals surface area contributed by atoms with Gasteiger partial charge in [0.25, 0.3) is 5.91 Å². The Labute approximate surface area is 122 Å². The molecule has 20 heavy (non-hydrogen) atoms. The third-order valence-electron chi connectivity index (χ3n) is 3.97. The first-order chi connectivity index (χ1) is 8.83. The molecule has 0 aromatic heterocycles. The van der Waals surface area contributed by atoms with Crippen molar-refractivity contribution in [2.24, 2.45) is 15.8 Å². The van der Waals surface area contributed by atoms with Gasteiger partial charge in [-0.25, -0.2) is 4.99 Å². The van der Waals surface area contributed by atoms with Crippen LogP contribution in [0.2, 0.25) is 0 Å². The van der Waals surface area contributed by atoms with Gasteiger partial charge < -0.3 is 5.32 Å². The maximum Gasteiger partial charge on any atom is 0.254 e. The highest BCUT2D eigenvalue weighted by molar-refractivity contribution is 6.07. The van der Waals surface area contributed by atoms with Crippen molar-refractivity contribution >= 4 is 11.9 Å². The summed E-state index contributed by atoms with van der Waals surface area (Å²) in [5.41, 5.74) is -0.407. The molecule has 2 N–H and O–H groups in total. The third kappa shape index (κ3) is 3.15. The molecule has 0 unspecified atom stereocenters. The van der Waals surface area contributed by atoms with Crippen LogP contribution in [0.5, 0.6) is 0 Å². The number of nitrogens with zero attached hydrogens (tertiary/aromatic N) is 1. The lowest BCUT2D eigenvalue weighted by atomic mass is 9.58. The molecule has 1 spiro atoms. The van der Waals surface area contributed by atoms with Crippen molar-refractivity contribution in [2.45, 2.75) is 78.8 Å². The molecule has 2 rings (SSSR count). The molecule has 0 aromatic carbocycles. The minimum absolute atomic E-state index is 0.0603. The first kappa shape index (κ1) is 15.3. The fraction of sp³-hybridized carbons (Fsp3) is 0.875. The van der Waals surface area contributed by atoms with Crippen LogP contribution in [0.4, 0.5) is 0 Å². The Balaban J connectivity index is 2.31. The van der Waals surface area contributed by atoms with Crippen molar-refractivity contribution in [2.75, 3.05) is 0 Å². The summed E-state index contributed by atoms with van der Waals surface area (Å²) < 4.78 is 0. The SMILES string of the molecule is CC1(C)CC(C)(C)CC2(C1)N=C(NC(C)(C)C)NC2=O. The van der Waals surface area contributed by atoms with E-state index in [4.69, 9.17) is 4.99 Å². The highest BCUT2D eigenvalue weighted by Crippen LogP contribution is 2.52. The maximum atomic E-state index is 12.6. The quantitative estimate of drug-likeness (QED) is 0.716. The lowest BCUT2D eigenvalue weighted by Gasteiger charge is -2.47. The van der Waals surface area contributed by atoms with Crippen LogP contribution >= 0.6 is 0 Å². The lowest BCUT2D eigenvalue weighted by molar-refractivity contribution is -0.128. The van der Waals surface area contributed by atoms with Crippen LogP contribution in [0, 0.1) is 10.8 Å². The van der Waals surface area contributed by atoms with Crippen LogP contribution in [-0.2, 0) is 4.79 Å². The Morgan fingerprint density at radius 1 is 1.05 bits per heavy atom. The molecule has 4 nitrogen and oxygen atoms in total. The molecule has 0 radical (unpaired) electrons. The van der Waals surface area contributed by atoms with Crippen molar-refractivity contribution < 1.29 is 4.79 Å². The maximum absolute atomic E-state index is 12.6. The fourth-order valence-electron chi connectivity index (χ4n) is 4.24. The minimum atomic E-state index is -0.584. The van der Waals surface area contributed by atoms with E-state index in [2.05, 4.69) is 59.1 Å². The Bertz CT molecular complexity index is 439. The normalized spacial score (nSPS) is 27.1. The van der Waals surface area contributed by atoms with Crippen LogP contribution in [-0.4, -0.2) is 22.9 Å². The topological polar surface area (TPSA) is 53.5 Å². The molecule has 1 aliphatic carbocycles. The Morgan fingerprint density at radius 2 is 1.55 bits per heavy atom. The van der Waals surface area contributed by atoms with Gasteiger partial charge in [-0.1, -0.05) is 27.7 Å². The number of carbonyl (C=O) groups is 1. The summed E-state index contributed by atoms with van der Waals surface area (Å²) in [6.07, 6.45) is 2.78. The van der Waals surface area contributed by atoms with E-state index in [-0.39, 0.29) is 22.3 Å². The van der Waals surface area contributed by atoms with Gasteiger partial charge in [-0.3, -0.25) is 10.1 Å². The molecule has 0 atom stereocenters. The number of nitrogens with one attached hydrogen (secondary N) is 2. The van der Waals surface area contributed by atoms with Crippen LogP contribution < -0.4 is 10.6 Å². The first-order valence-electron chi connectivity index (χ1n) is 7.52. The van der Waals surface area contributed by atoms with Gasteiger partial charge in [0.15, 0.2) is 5.96 Å². The summed E-state index contributed by atoms with van der Waals surface area (Å²) in [5.74, 6) is 0.695. The van der Waals surface area contributed by atoms with Crippen molar-refractivity contribution in [3.05, 3.63) is 0 Å². The number of hydrogen-bond donors (Lipinski definition) is 2. The van der Waals surface area contributed by atoms with Crippen LogP contribution in [0.15, 0.2) is 4.99 Å². The number of hydrogen-bond acceptors (Lipinski definition) is 3. The minimum Gasteiger partial charge on any atom is -0.351 e. The monoisotopic (exact) mass is 279 g/mol. The van der Waals surface area contributed by atoms with E-state index in [0.717, 1.165) is 19.3 Å². The Kier molecular flexibility index (Phi) is 3.23. The van der Waals surface area contributed by atoms with Crippen LogP contribution in [0.1, 0.15) is 67.7 Å². The lowest BCUT2D eigenvalue weighted by Crippen LogP contribution is -2.51. The van der Waals surface area contributed by atoms with E-state index in [0.29, 0.717) is 5.96 Å². The zero-order chi connectivity index (χ0) is 15.4. The third-order valence-corrected chi connectivity index (χ3v) is 3.97.